The van der Waals surface area contributed by atoms with Crippen LogP contribution in [0.2, 0.25) is 0 Å². The van der Waals surface area contributed by atoms with Gasteiger partial charge in [0, 0.05) is 0 Å². The molecule has 0 bridgehead atoms. The van der Waals surface area contributed by atoms with Crippen LogP contribution in [0.3, 0.4) is 0 Å². The summed E-state index contributed by atoms with van der Waals surface area (Å²) < 4.78 is 23.0. The number of hydrogen-bond acceptors (Lipinski definition) is 5. The van der Waals surface area contributed by atoms with Crippen LogP contribution in [0.25, 0.3) is 0 Å². The third-order valence-corrected chi connectivity index (χ3v) is 6.51. The van der Waals surface area contributed by atoms with Gasteiger partial charge in [0.1, 0.15) is 19.3 Å². The molecule has 3 N–H and O–H groups in total. The monoisotopic (exact) mass is 530 g/mol. The van der Waals surface area contributed by atoms with Crippen molar-refractivity contribution in [2.45, 2.75) is 89.8 Å². The summed E-state index contributed by atoms with van der Waals surface area (Å²) in [5.74, 6) is 0. The van der Waals surface area contributed by atoms with Crippen molar-refractivity contribution in [3.63, 3.8) is 0 Å². The van der Waals surface area contributed by atoms with Crippen molar-refractivity contribution in [3.8, 4) is 0 Å². The predicted octanol–water partition coefficient (Wildman–Crippen LogP) is 6.08. The molecule has 8 heteroatoms. The number of phosphoric ester groups is 1. The third-order valence-electron chi connectivity index (χ3n) is 5.47. The van der Waals surface area contributed by atoms with E-state index in [0.29, 0.717) is 23.9 Å². The van der Waals surface area contributed by atoms with Crippen molar-refractivity contribution < 1.29 is 33.2 Å². The van der Waals surface area contributed by atoms with Gasteiger partial charge in [-0.05, 0) is 51.4 Å². The van der Waals surface area contributed by atoms with Gasteiger partial charge < -0.3 is 19.6 Å². The summed E-state index contributed by atoms with van der Waals surface area (Å²) in [7, 11) is 1.54. The zero-order valence-electron chi connectivity index (χ0n) is 23.1. The lowest BCUT2D eigenvalue weighted by Crippen LogP contribution is -2.37. The van der Waals surface area contributed by atoms with Crippen molar-refractivity contribution in [2.75, 3.05) is 40.9 Å². The first kappa shape index (κ1) is 35.0. The van der Waals surface area contributed by atoms with E-state index in [9.17, 15) is 19.7 Å². The molecular formula is C28H53NO6P+. The molecule has 0 aliphatic carbocycles. The highest BCUT2D eigenvalue weighted by Crippen LogP contribution is 2.45. The molecule has 36 heavy (non-hydrogen) atoms. The highest BCUT2D eigenvalue weighted by molar-refractivity contribution is 7.47. The van der Waals surface area contributed by atoms with Gasteiger partial charge in [-0.3, -0.25) is 9.05 Å². The van der Waals surface area contributed by atoms with E-state index in [1.54, 1.807) is 0 Å². The third kappa shape index (κ3) is 23.4. The zero-order valence-corrected chi connectivity index (χ0v) is 24.0. The Morgan fingerprint density at radius 2 is 1.33 bits per heavy atom. The maximum atomic E-state index is 12.2. The quantitative estimate of drug-likeness (QED) is 0.0641. The Morgan fingerprint density at radius 1 is 0.833 bits per heavy atom. The maximum absolute atomic E-state index is 12.2. The predicted molar refractivity (Wildman–Crippen MR) is 150 cm³/mol. The van der Waals surface area contributed by atoms with E-state index in [-0.39, 0.29) is 6.61 Å². The van der Waals surface area contributed by atoms with Crippen LogP contribution in [0.5, 0.6) is 0 Å². The molecule has 3 atom stereocenters. The molecule has 0 aromatic heterocycles. The minimum Gasteiger partial charge on any atom is -0.394 e. The van der Waals surface area contributed by atoms with Crippen LogP contribution < -0.4 is 0 Å². The van der Waals surface area contributed by atoms with Crippen LogP contribution in [0.15, 0.2) is 48.6 Å². The fourth-order valence-electron chi connectivity index (χ4n) is 3.23. The van der Waals surface area contributed by atoms with E-state index in [1.807, 2.05) is 21.1 Å². The zero-order chi connectivity index (χ0) is 27.1. The normalized spacial score (nSPS) is 16.5. The van der Waals surface area contributed by atoms with Crippen LogP contribution in [-0.4, -0.2) is 72.7 Å². The molecule has 210 valence electrons. The minimum atomic E-state index is -4.31. The summed E-state index contributed by atoms with van der Waals surface area (Å²) in [6.07, 6.45) is 25.9. The lowest BCUT2D eigenvalue weighted by molar-refractivity contribution is -0.870. The van der Waals surface area contributed by atoms with Gasteiger partial charge in [0.15, 0.2) is 0 Å². The Labute approximate surface area is 220 Å². The fraction of sp³-hybridized carbons (Fsp3) is 0.714. The first-order valence-electron chi connectivity index (χ1n) is 13.5. The largest absolute Gasteiger partial charge is 0.472 e. The summed E-state index contributed by atoms with van der Waals surface area (Å²) >= 11 is 0. The van der Waals surface area contributed by atoms with Crippen LogP contribution >= 0.6 is 7.82 Å². The van der Waals surface area contributed by atoms with Gasteiger partial charge in [-0.1, -0.05) is 74.8 Å². The van der Waals surface area contributed by atoms with E-state index in [0.717, 1.165) is 32.1 Å². The van der Waals surface area contributed by atoms with Gasteiger partial charge in [-0.15, -0.1) is 0 Å². The number of allylic oxidation sites excluding steroid dienone is 8. The average molecular weight is 531 g/mol. The average Bonchev–Trinajstić information content (AvgIpc) is 2.80. The van der Waals surface area contributed by atoms with E-state index in [4.69, 9.17) is 9.05 Å². The van der Waals surface area contributed by atoms with Gasteiger partial charge >= 0.3 is 7.82 Å². The Morgan fingerprint density at radius 3 is 1.81 bits per heavy atom. The summed E-state index contributed by atoms with van der Waals surface area (Å²) in [5.41, 5.74) is 0. The molecule has 0 aromatic carbocycles. The Bertz CT molecular complexity index is 684. The van der Waals surface area contributed by atoms with E-state index in [1.165, 1.54) is 25.7 Å². The lowest BCUT2D eigenvalue weighted by Gasteiger charge is -2.26. The van der Waals surface area contributed by atoms with Crippen molar-refractivity contribution in [1.82, 2.24) is 0 Å². The molecule has 0 spiro atoms. The van der Waals surface area contributed by atoms with Crippen molar-refractivity contribution in [3.05, 3.63) is 48.6 Å². The molecule has 0 fully saturated rings. The second kappa shape index (κ2) is 22.0. The van der Waals surface area contributed by atoms with Gasteiger partial charge in [0.2, 0.25) is 0 Å². The molecule has 0 amide bonds. The molecule has 0 rings (SSSR count). The Hall–Kier alpha value is -1.05. The van der Waals surface area contributed by atoms with Gasteiger partial charge in [-0.2, -0.15) is 0 Å². The summed E-state index contributed by atoms with van der Waals surface area (Å²) in [6.45, 7) is 2.28. The Kier molecular flexibility index (Phi) is 21.3. The fourth-order valence-corrected chi connectivity index (χ4v) is 4.19. The summed E-state index contributed by atoms with van der Waals surface area (Å²) in [5, 5.41) is 19.3. The van der Waals surface area contributed by atoms with Gasteiger partial charge in [-0.25, -0.2) is 4.57 Å². The SMILES string of the molecule is CCCCCC=CCC=CCC=CCC=CCCCCC(OP(=O)(O)OCC[N+](C)(C)C)[C@@H](O)CO. The van der Waals surface area contributed by atoms with E-state index in [2.05, 4.69) is 55.5 Å². The van der Waals surface area contributed by atoms with Crippen LogP contribution in [-0.2, 0) is 13.6 Å². The molecule has 0 aromatic rings. The van der Waals surface area contributed by atoms with Crippen LogP contribution in [0.1, 0.15) is 77.6 Å². The van der Waals surface area contributed by atoms with Crippen molar-refractivity contribution in [1.29, 1.82) is 0 Å². The number of hydrogen-bond donors (Lipinski definition) is 3. The van der Waals surface area contributed by atoms with E-state index < -0.39 is 26.6 Å². The molecule has 0 heterocycles. The summed E-state index contributed by atoms with van der Waals surface area (Å²) in [6, 6.07) is 0. The smallest absolute Gasteiger partial charge is 0.394 e. The van der Waals surface area contributed by atoms with Gasteiger partial charge in [0.25, 0.3) is 0 Å². The van der Waals surface area contributed by atoms with Crippen molar-refractivity contribution >= 4 is 7.82 Å². The lowest BCUT2D eigenvalue weighted by atomic mass is 10.1. The van der Waals surface area contributed by atoms with Crippen LogP contribution in [0.4, 0.5) is 0 Å². The molecule has 0 radical (unpaired) electrons. The van der Waals surface area contributed by atoms with Gasteiger partial charge in [0.05, 0.1) is 33.9 Å². The molecule has 0 aliphatic rings. The number of aliphatic hydroxyl groups is 2. The number of phosphoric acid groups is 1. The Balaban J connectivity index is 4.06. The maximum Gasteiger partial charge on any atom is 0.472 e. The molecule has 0 saturated carbocycles. The standard InChI is InChI=1S/C28H52NO6P/c1-5-6-7-8-9-10-11-12-13-14-15-16-17-18-19-20-21-22-23-28(27(31)26-30)35-36(32,33)34-25-24-29(2,3)4/h9-10,12-13,15-16,18-19,27-28,30-31H,5-8,11,14,17,20-26H2,1-4H3/p+1/t27-,28?/m0/s1. The first-order chi connectivity index (χ1) is 17.1. The molecule has 2 unspecified atom stereocenters. The molecule has 0 saturated heterocycles. The first-order valence-corrected chi connectivity index (χ1v) is 15.0. The van der Waals surface area contributed by atoms with Crippen LogP contribution in [0, 0.1) is 0 Å². The number of rotatable bonds is 23. The molecule has 0 aliphatic heterocycles. The highest BCUT2D eigenvalue weighted by Gasteiger charge is 2.31. The van der Waals surface area contributed by atoms with Crippen molar-refractivity contribution in [2.24, 2.45) is 0 Å². The number of quaternary nitrogens is 1. The van der Waals surface area contributed by atoms with E-state index >= 15 is 0 Å². The second-order valence-electron chi connectivity index (χ2n) is 10.1. The highest BCUT2D eigenvalue weighted by atomic mass is 31.2. The topological polar surface area (TPSA) is 96.2 Å². The minimum absolute atomic E-state index is 0.0608. The number of likely N-dealkylation sites (N-methyl/N-ethyl adjacent to an activating group) is 1. The number of aliphatic hydroxyl groups excluding tert-OH is 2. The molecule has 7 nitrogen and oxygen atoms in total. The summed E-state index contributed by atoms with van der Waals surface area (Å²) in [4.78, 5) is 9.96. The second-order valence-corrected chi connectivity index (χ2v) is 11.5. The molecular weight excluding hydrogens is 477 g/mol. The number of nitrogens with zero attached hydrogens (tertiary/aromatic N) is 1. The number of unbranched alkanes of at least 4 members (excludes halogenated alkanes) is 5.